The molecule has 0 atom stereocenters. The van der Waals surface area contributed by atoms with Crippen LogP contribution in [-0.4, -0.2) is 59.8 Å². The van der Waals surface area contributed by atoms with Crippen LogP contribution in [0.2, 0.25) is 0 Å². The molecular weight excluding hydrogens is 536 g/mol. The molecule has 0 bridgehead atoms. The highest BCUT2D eigenvalue weighted by atomic mass is 127. The van der Waals surface area contributed by atoms with Crippen LogP contribution < -0.4 is 10.6 Å². The molecule has 1 aromatic heterocycles. The van der Waals surface area contributed by atoms with Gasteiger partial charge in [0.15, 0.2) is 0 Å². The van der Waals surface area contributed by atoms with Crippen LogP contribution in [0, 0.1) is 14.8 Å². The Kier molecular flexibility index (Phi) is 7.55. The van der Waals surface area contributed by atoms with Gasteiger partial charge in [0, 0.05) is 23.2 Å². The largest absolute Gasteiger partial charge is 0.395 e. The number of carbonyl (C=O) groups excluding carboxylic acids is 2. The van der Waals surface area contributed by atoms with Crippen LogP contribution in [0.25, 0.3) is 0 Å². The molecule has 0 fully saturated rings. The number of nitrogens with zero attached hydrogens (tertiary/aromatic N) is 1. The van der Waals surface area contributed by atoms with Crippen molar-refractivity contribution in [2.75, 3.05) is 38.2 Å². The van der Waals surface area contributed by atoms with E-state index in [1.807, 2.05) is 36.4 Å². The molecule has 7 nitrogen and oxygen atoms in total. The van der Waals surface area contributed by atoms with Crippen molar-refractivity contribution in [1.29, 1.82) is 0 Å². The van der Waals surface area contributed by atoms with Crippen molar-refractivity contribution in [3.8, 4) is 0 Å². The zero-order valence-electron chi connectivity index (χ0n) is 17.3. The fourth-order valence-electron chi connectivity index (χ4n) is 3.50. The highest BCUT2D eigenvalue weighted by Gasteiger charge is 2.35. The van der Waals surface area contributed by atoms with Crippen LogP contribution in [-0.2, 0) is 6.42 Å². The molecule has 0 saturated heterocycles. The van der Waals surface area contributed by atoms with E-state index in [0.717, 1.165) is 14.9 Å². The van der Waals surface area contributed by atoms with Gasteiger partial charge < -0.3 is 25.7 Å². The Labute approximate surface area is 197 Å². The Morgan fingerprint density at radius 3 is 2.61 bits per heavy atom. The second kappa shape index (κ2) is 9.80. The molecule has 0 radical (unpaired) electrons. The van der Waals surface area contributed by atoms with Crippen molar-refractivity contribution in [2.24, 2.45) is 5.41 Å². The van der Waals surface area contributed by atoms with E-state index in [1.165, 1.54) is 11.0 Å². The van der Waals surface area contributed by atoms with Gasteiger partial charge in [-0.2, -0.15) is 0 Å². The van der Waals surface area contributed by atoms with Crippen LogP contribution in [0.5, 0.6) is 0 Å². The van der Waals surface area contributed by atoms with Gasteiger partial charge in [0.05, 0.1) is 29.3 Å². The predicted molar refractivity (Wildman–Crippen MR) is 127 cm³/mol. The summed E-state index contributed by atoms with van der Waals surface area (Å²) in [5, 5.41) is 25.0. The molecule has 0 saturated carbocycles. The highest BCUT2D eigenvalue weighted by molar-refractivity contribution is 14.1. The van der Waals surface area contributed by atoms with Gasteiger partial charge in [-0.25, -0.2) is 4.39 Å². The van der Waals surface area contributed by atoms with E-state index in [-0.39, 0.29) is 48.9 Å². The highest BCUT2D eigenvalue weighted by Crippen LogP contribution is 2.41. The number of aliphatic hydroxyl groups excluding tert-OH is 2. The normalized spacial score (nSPS) is 15.1. The molecule has 2 aromatic rings. The lowest BCUT2D eigenvalue weighted by molar-refractivity contribution is 0.0684. The summed E-state index contributed by atoms with van der Waals surface area (Å²) in [5.41, 5.74) is 0.789. The molecule has 2 amide bonds. The lowest BCUT2D eigenvalue weighted by Crippen LogP contribution is -2.36. The SMILES string of the molecule is CC1(C)CNC(=O)c2sc(Nc3ccc(I)cc3F)c(C(=O)N(CCO)CCO)c2C1. The molecule has 0 unspecified atom stereocenters. The lowest BCUT2D eigenvalue weighted by atomic mass is 9.85. The first-order valence-electron chi connectivity index (χ1n) is 9.84. The maximum absolute atomic E-state index is 14.5. The quantitative estimate of drug-likeness (QED) is 0.390. The number of fused-ring (bicyclic) bond motifs is 1. The minimum Gasteiger partial charge on any atom is -0.395 e. The zero-order chi connectivity index (χ0) is 22.8. The maximum atomic E-state index is 14.5. The lowest BCUT2D eigenvalue weighted by Gasteiger charge is -2.25. The number of carbonyl (C=O) groups is 2. The number of halogens is 2. The van der Waals surface area contributed by atoms with E-state index in [1.54, 1.807) is 12.1 Å². The Bertz CT molecular complexity index is 989. The number of benzene rings is 1. The number of nitrogens with one attached hydrogen (secondary N) is 2. The molecule has 31 heavy (non-hydrogen) atoms. The fourth-order valence-corrected chi connectivity index (χ4v) is 5.09. The minimum absolute atomic E-state index is 0.0386. The molecular formula is C21H25FIN3O4S. The van der Waals surface area contributed by atoms with Gasteiger partial charge in [-0.1, -0.05) is 13.8 Å². The average molecular weight is 561 g/mol. The van der Waals surface area contributed by atoms with E-state index < -0.39 is 11.7 Å². The Morgan fingerprint density at radius 2 is 2.00 bits per heavy atom. The van der Waals surface area contributed by atoms with Gasteiger partial charge in [0.25, 0.3) is 11.8 Å². The number of hydrogen-bond acceptors (Lipinski definition) is 6. The van der Waals surface area contributed by atoms with Crippen LogP contribution in [0.1, 0.15) is 39.4 Å². The van der Waals surface area contributed by atoms with Crippen molar-refractivity contribution < 1.29 is 24.2 Å². The third kappa shape index (κ3) is 5.36. The average Bonchev–Trinajstić information content (AvgIpc) is 2.99. The molecule has 168 valence electrons. The van der Waals surface area contributed by atoms with E-state index in [4.69, 9.17) is 0 Å². The smallest absolute Gasteiger partial charge is 0.261 e. The Hall–Kier alpha value is -1.76. The van der Waals surface area contributed by atoms with Crippen LogP contribution in [0.4, 0.5) is 15.1 Å². The van der Waals surface area contributed by atoms with Crippen LogP contribution in [0.3, 0.4) is 0 Å². The van der Waals surface area contributed by atoms with Gasteiger partial charge in [-0.05, 0) is 58.2 Å². The standard InChI is InChI=1S/C21H25FIN3O4S/c1-21(2)10-13-16(20(30)26(5-7-27)6-8-28)19(31-17(13)18(29)24-11-21)25-15-4-3-12(23)9-14(15)22/h3-4,9,25,27-28H,5-8,10-11H2,1-2H3,(H,24,29). The molecule has 0 spiro atoms. The molecule has 3 rings (SSSR count). The monoisotopic (exact) mass is 561 g/mol. The molecule has 4 N–H and O–H groups in total. The van der Waals surface area contributed by atoms with E-state index in [9.17, 15) is 24.2 Å². The summed E-state index contributed by atoms with van der Waals surface area (Å²) < 4.78 is 15.2. The fraction of sp³-hybridized carbons (Fsp3) is 0.429. The number of aliphatic hydroxyl groups is 2. The topological polar surface area (TPSA) is 102 Å². The predicted octanol–water partition coefficient (Wildman–Crippen LogP) is 2.97. The van der Waals surface area contributed by atoms with Crippen molar-refractivity contribution in [3.63, 3.8) is 0 Å². The Morgan fingerprint density at radius 1 is 1.32 bits per heavy atom. The molecule has 2 heterocycles. The number of amides is 2. The van der Waals surface area contributed by atoms with Gasteiger partial charge in [-0.3, -0.25) is 9.59 Å². The molecule has 10 heteroatoms. The van der Waals surface area contributed by atoms with Gasteiger partial charge in [0.1, 0.15) is 10.8 Å². The minimum atomic E-state index is -0.471. The summed E-state index contributed by atoms with van der Waals surface area (Å²) in [5.74, 6) is -1.16. The summed E-state index contributed by atoms with van der Waals surface area (Å²) in [6.07, 6.45) is 0.474. The maximum Gasteiger partial charge on any atom is 0.261 e. The number of rotatable bonds is 7. The van der Waals surface area contributed by atoms with E-state index >= 15 is 0 Å². The van der Waals surface area contributed by atoms with E-state index in [0.29, 0.717) is 28.4 Å². The third-order valence-corrected chi connectivity index (χ3v) is 6.83. The second-order valence-electron chi connectivity index (χ2n) is 8.13. The van der Waals surface area contributed by atoms with Crippen LogP contribution >= 0.6 is 33.9 Å². The summed E-state index contributed by atoms with van der Waals surface area (Å²) >= 11 is 3.12. The first kappa shape index (κ1) is 23.9. The number of hydrogen-bond donors (Lipinski definition) is 4. The van der Waals surface area contributed by atoms with Crippen molar-refractivity contribution in [1.82, 2.24) is 10.2 Å². The molecule has 1 aliphatic rings. The first-order valence-corrected chi connectivity index (χ1v) is 11.7. The summed E-state index contributed by atoms with van der Waals surface area (Å²) in [7, 11) is 0. The summed E-state index contributed by atoms with van der Waals surface area (Å²) in [4.78, 5) is 28.0. The van der Waals surface area contributed by atoms with Gasteiger partial charge >= 0.3 is 0 Å². The summed E-state index contributed by atoms with van der Waals surface area (Å²) in [6, 6.07) is 4.70. The van der Waals surface area contributed by atoms with Crippen molar-refractivity contribution in [3.05, 3.63) is 43.6 Å². The van der Waals surface area contributed by atoms with Crippen molar-refractivity contribution >= 4 is 56.4 Å². The molecule has 1 aromatic carbocycles. The molecule has 1 aliphatic heterocycles. The van der Waals surface area contributed by atoms with E-state index in [2.05, 4.69) is 10.6 Å². The summed E-state index contributed by atoms with van der Waals surface area (Å²) in [6.45, 7) is 4.01. The van der Waals surface area contributed by atoms with Gasteiger partial charge in [-0.15, -0.1) is 11.3 Å². The first-order chi connectivity index (χ1) is 14.7. The number of anilines is 2. The zero-order valence-corrected chi connectivity index (χ0v) is 20.3. The van der Waals surface area contributed by atoms with Gasteiger partial charge in [0.2, 0.25) is 0 Å². The van der Waals surface area contributed by atoms with Crippen LogP contribution in [0.15, 0.2) is 18.2 Å². The number of thiophene rings is 1. The van der Waals surface area contributed by atoms with Crippen molar-refractivity contribution in [2.45, 2.75) is 20.3 Å². The Balaban J connectivity index is 2.14. The third-order valence-electron chi connectivity index (χ3n) is 5.02. The second-order valence-corrected chi connectivity index (χ2v) is 10.4. The molecule has 0 aliphatic carbocycles.